The van der Waals surface area contributed by atoms with Crippen LogP contribution in [0.2, 0.25) is 0 Å². The molecule has 0 aliphatic carbocycles. The Bertz CT molecular complexity index is 65.4. The molecule has 0 aliphatic heterocycles. The first-order chi connectivity index (χ1) is 3.48. The molecule has 1 atom stereocenters. The largest absolute Gasteiger partial charge is 0.366 e. The minimum Gasteiger partial charge on any atom is -0.366 e. The number of nitrogens with two attached hydrogens (primary N) is 1. The summed E-state index contributed by atoms with van der Waals surface area (Å²) in [5, 5.41) is 0. The van der Waals surface area contributed by atoms with Gasteiger partial charge in [0.15, 0.2) is 0 Å². The van der Waals surface area contributed by atoms with Gasteiger partial charge in [0.25, 0.3) is 0 Å². The number of rotatable bonds is 1. The number of ether oxygens (including phenoxy) is 1. The summed E-state index contributed by atoms with van der Waals surface area (Å²) in [6.07, 6.45) is -0.150. The van der Waals surface area contributed by atoms with E-state index < -0.39 is 0 Å². The monoisotopic (exact) mass is 117 g/mol. The van der Waals surface area contributed by atoms with Crippen molar-refractivity contribution in [2.75, 3.05) is 7.11 Å². The van der Waals surface area contributed by atoms with Crippen LogP contribution in [0.15, 0.2) is 0 Å². The van der Waals surface area contributed by atoms with Gasteiger partial charge < -0.3 is 10.5 Å². The van der Waals surface area contributed by atoms with Gasteiger partial charge in [0, 0.05) is 12.5 Å². The molecular weight excluding hydrogens is 102 g/mol. The maximum atomic E-state index is 5.53. The summed E-state index contributed by atoms with van der Waals surface area (Å²) >= 11 is 0. The molecule has 8 heavy (non-hydrogen) atoms. The van der Waals surface area contributed by atoms with E-state index in [1.165, 1.54) is 0 Å². The second kappa shape index (κ2) is 2.46. The van der Waals surface area contributed by atoms with Gasteiger partial charge in [0.05, 0.1) is 0 Å². The third-order valence-corrected chi connectivity index (χ3v) is 1.11. The molecule has 2 nitrogen and oxygen atoms in total. The van der Waals surface area contributed by atoms with Crippen LogP contribution in [0.5, 0.6) is 0 Å². The van der Waals surface area contributed by atoms with Crippen molar-refractivity contribution in [3.05, 3.63) is 0 Å². The molecule has 1 unspecified atom stereocenters. The Morgan fingerprint density at radius 1 is 1.38 bits per heavy atom. The van der Waals surface area contributed by atoms with Crippen LogP contribution in [0.1, 0.15) is 20.8 Å². The van der Waals surface area contributed by atoms with Gasteiger partial charge >= 0.3 is 0 Å². The molecule has 0 bridgehead atoms. The van der Waals surface area contributed by atoms with Crippen LogP contribution in [0.3, 0.4) is 0 Å². The Morgan fingerprint density at radius 2 is 1.75 bits per heavy atom. The lowest BCUT2D eigenvalue weighted by molar-refractivity contribution is 0.0219. The van der Waals surface area contributed by atoms with Crippen molar-refractivity contribution in [3.8, 4) is 0 Å². The summed E-state index contributed by atoms with van der Waals surface area (Å²) < 4.78 is 4.89. The van der Waals surface area contributed by atoms with E-state index in [9.17, 15) is 0 Å². The lowest BCUT2D eigenvalue weighted by atomic mass is 9.95. The van der Waals surface area contributed by atoms with E-state index >= 15 is 0 Å². The predicted molar refractivity (Wildman–Crippen MR) is 34.4 cm³/mol. The molecule has 0 aromatic carbocycles. The maximum Gasteiger partial charge on any atom is 0.110 e. The molecule has 2 heteroatoms. The fourth-order valence-electron chi connectivity index (χ4n) is 0.354. The molecule has 0 heterocycles. The van der Waals surface area contributed by atoms with E-state index in [2.05, 4.69) is 0 Å². The predicted octanol–water partition coefficient (Wildman–Crippen LogP) is 0.964. The van der Waals surface area contributed by atoms with Crippen LogP contribution in [0.4, 0.5) is 0 Å². The van der Waals surface area contributed by atoms with Crippen LogP contribution in [0, 0.1) is 5.41 Å². The van der Waals surface area contributed by atoms with E-state index in [4.69, 9.17) is 10.5 Å². The van der Waals surface area contributed by atoms with E-state index in [1.54, 1.807) is 7.11 Å². The summed E-state index contributed by atoms with van der Waals surface area (Å²) in [5.41, 5.74) is 5.59. The third-order valence-electron chi connectivity index (χ3n) is 1.11. The smallest absolute Gasteiger partial charge is 0.110 e. The van der Waals surface area contributed by atoms with Gasteiger partial charge in [-0.25, -0.2) is 0 Å². The van der Waals surface area contributed by atoms with Gasteiger partial charge in [-0.1, -0.05) is 20.8 Å². The zero-order chi connectivity index (χ0) is 6.78. The van der Waals surface area contributed by atoms with Crippen LogP contribution in [-0.4, -0.2) is 13.3 Å². The van der Waals surface area contributed by atoms with Crippen molar-refractivity contribution in [2.45, 2.75) is 27.0 Å². The molecule has 0 amide bonds. The Kier molecular flexibility index (Phi) is 2.44. The molecule has 0 rings (SSSR count). The van der Waals surface area contributed by atoms with Crippen molar-refractivity contribution in [1.29, 1.82) is 0 Å². The SMILES string of the molecule is COC(N)C(C)(C)C. The Morgan fingerprint density at radius 3 is 1.75 bits per heavy atom. The van der Waals surface area contributed by atoms with Gasteiger partial charge in [0.1, 0.15) is 6.23 Å². The van der Waals surface area contributed by atoms with E-state index in [-0.39, 0.29) is 11.6 Å². The van der Waals surface area contributed by atoms with Gasteiger partial charge in [-0.15, -0.1) is 0 Å². The maximum absolute atomic E-state index is 5.53. The minimum absolute atomic E-state index is 0.0642. The number of methoxy groups -OCH3 is 1. The summed E-state index contributed by atoms with van der Waals surface area (Å²) in [7, 11) is 1.62. The summed E-state index contributed by atoms with van der Waals surface area (Å²) in [6.45, 7) is 6.13. The van der Waals surface area contributed by atoms with Crippen molar-refractivity contribution in [1.82, 2.24) is 0 Å². The van der Waals surface area contributed by atoms with Crippen molar-refractivity contribution in [2.24, 2.45) is 11.1 Å². The first kappa shape index (κ1) is 7.92. The second-order valence-electron chi connectivity index (χ2n) is 3.02. The Balaban J connectivity index is 3.62. The lowest BCUT2D eigenvalue weighted by Crippen LogP contribution is -2.36. The fourth-order valence-corrected chi connectivity index (χ4v) is 0.354. The summed E-state index contributed by atoms with van der Waals surface area (Å²) in [5.74, 6) is 0. The molecule has 50 valence electrons. The average molecular weight is 117 g/mol. The van der Waals surface area contributed by atoms with E-state index in [0.717, 1.165) is 0 Å². The molecule has 0 radical (unpaired) electrons. The van der Waals surface area contributed by atoms with Gasteiger partial charge in [-0.05, 0) is 0 Å². The van der Waals surface area contributed by atoms with Crippen LogP contribution in [0.25, 0.3) is 0 Å². The fraction of sp³-hybridized carbons (Fsp3) is 1.00. The van der Waals surface area contributed by atoms with Crippen LogP contribution < -0.4 is 5.73 Å². The zero-order valence-corrected chi connectivity index (χ0v) is 6.06. The van der Waals surface area contributed by atoms with Crippen molar-refractivity contribution >= 4 is 0 Å². The van der Waals surface area contributed by atoms with Crippen molar-refractivity contribution < 1.29 is 4.74 Å². The summed E-state index contributed by atoms with van der Waals surface area (Å²) in [6, 6.07) is 0. The molecule has 2 N–H and O–H groups in total. The first-order valence-electron chi connectivity index (χ1n) is 2.77. The number of hydrogen-bond acceptors (Lipinski definition) is 2. The quantitative estimate of drug-likeness (QED) is 0.519. The Hall–Kier alpha value is -0.0800. The van der Waals surface area contributed by atoms with Gasteiger partial charge in [0.2, 0.25) is 0 Å². The Labute approximate surface area is 51.0 Å². The lowest BCUT2D eigenvalue weighted by Gasteiger charge is -2.24. The molecule has 0 fully saturated rings. The summed E-state index contributed by atoms with van der Waals surface area (Å²) in [4.78, 5) is 0. The zero-order valence-electron chi connectivity index (χ0n) is 6.06. The highest BCUT2D eigenvalue weighted by atomic mass is 16.5. The van der Waals surface area contributed by atoms with Crippen molar-refractivity contribution in [3.63, 3.8) is 0 Å². The highest BCUT2D eigenvalue weighted by molar-refractivity contribution is 4.67. The normalized spacial score (nSPS) is 16.1. The molecule has 0 saturated carbocycles. The third kappa shape index (κ3) is 2.28. The van der Waals surface area contributed by atoms with E-state index in [0.29, 0.717) is 0 Å². The highest BCUT2D eigenvalue weighted by Crippen LogP contribution is 2.16. The second-order valence-corrected chi connectivity index (χ2v) is 3.02. The molecule has 0 aromatic heterocycles. The average Bonchev–Trinajstić information content (AvgIpc) is 1.62. The molecule has 0 aliphatic rings. The van der Waals surface area contributed by atoms with Gasteiger partial charge in [-0.3, -0.25) is 0 Å². The number of hydrogen-bond donors (Lipinski definition) is 1. The standard InChI is InChI=1S/C6H15NO/c1-6(2,3)5(7)8-4/h5H,7H2,1-4H3. The molecular formula is C6H15NO. The first-order valence-corrected chi connectivity index (χ1v) is 2.77. The minimum atomic E-state index is -0.150. The highest BCUT2D eigenvalue weighted by Gasteiger charge is 2.19. The van der Waals surface area contributed by atoms with Crippen LogP contribution >= 0.6 is 0 Å². The molecule has 0 spiro atoms. The molecule has 0 saturated heterocycles. The topological polar surface area (TPSA) is 35.2 Å². The van der Waals surface area contributed by atoms with E-state index in [1.807, 2.05) is 20.8 Å². The molecule has 0 aromatic rings. The van der Waals surface area contributed by atoms with Crippen LogP contribution in [-0.2, 0) is 4.74 Å². The van der Waals surface area contributed by atoms with Gasteiger partial charge in [-0.2, -0.15) is 0 Å².